The number of hydrogen-bond donors (Lipinski definition) is 1. The van der Waals surface area contributed by atoms with Gasteiger partial charge >= 0.3 is 0 Å². The van der Waals surface area contributed by atoms with Crippen molar-refractivity contribution in [3.8, 4) is 0 Å². The molecule has 0 amide bonds. The molecule has 2 fully saturated rings. The zero-order valence-electron chi connectivity index (χ0n) is 9.85. The van der Waals surface area contributed by atoms with E-state index < -0.39 is 15.6 Å². The van der Waals surface area contributed by atoms with Gasteiger partial charge in [0.15, 0.2) is 0 Å². The molecule has 0 aromatic heterocycles. The topological polar surface area (TPSA) is 57.6 Å². The average Bonchev–Trinajstić information content (AvgIpc) is 2.92. The van der Waals surface area contributed by atoms with Crippen molar-refractivity contribution in [2.75, 3.05) is 18.8 Å². The Balaban J connectivity index is 1.98. The molecule has 0 aromatic carbocycles. The first-order chi connectivity index (χ1) is 7.39. The Hall–Kier alpha value is -0.130. The molecule has 94 valence electrons. The smallest absolute Gasteiger partial charge is 0.214 e. The molecule has 5 heteroatoms. The second kappa shape index (κ2) is 4.27. The molecule has 4 nitrogen and oxygen atoms in total. The van der Waals surface area contributed by atoms with Gasteiger partial charge in [0.25, 0.3) is 0 Å². The van der Waals surface area contributed by atoms with Crippen LogP contribution in [0.2, 0.25) is 0 Å². The van der Waals surface area contributed by atoms with E-state index >= 15 is 0 Å². The lowest BCUT2D eigenvalue weighted by atomic mass is 9.98. The minimum absolute atomic E-state index is 0.315. The maximum Gasteiger partial charge on any atom is 0.214 e. The quantitative estimate of drug-likeness (QED) is 0.808. The monoisotopic (exact) mass is 247 g/mol. The minimum Gasteiger partial charge on any atom is -0.390 e. The number of rotatable bonds is 3. The molecule has 1 heterocycles. The summed E-state index contributed by atoms with van der Waals surface area (Å²) in [5.41, 5.74) is -0.691. The summed E-state index contributed by atoms with van der Waals surface area (Å²) in [7, 11) is -3.07. The van der Waals surface area contributed by atoms with Crippen molar-refractivity contribution in [1.29, 1.82) is 0 Å². The van der Waals surface area contributed by atoms with Crippen molar-refractivity contribution in [3.05, 3.63) is 0 Å². The fourth-order valence-electron chi connectivity index (χ4n) is 2.20. The standard InChI is InChI=1S/C11H21NO3S/c1-11(13)5-2-7-12(8-6-11)16(14,15)9-10-3-4-10/h10,13H,2-9H2,1H3. The fourth-order valence-corrected chi connectivity index (χ4v) is 4.12. The van der Waals surface area contributed by atoms with Crippen molar-refractivity contribution in [3.63, 3.8) is 0 Å². The summed E-state index contributed by atoms with van der Waals surface area (Å²) in [6.45, 7) is 2.84. The first-order valence-electron chi connectivity index (χ1n) is 6.09. The Morgan fingerprint density at radius 1 is 1.31 bits per heavy atom. The van der Waals surface area contributed by atoms with Crippen LogP contribution in [0.4, 0.5) is 0 Å². The molecule has 2 rings (SSSR count). The Kier molecular flexibility index (Phi) is 3.29. The molecule has 0 bridgehead atoms. The molecule has 1 aliphatic heterocycles. The van der Waals surface area contributed by atoms with Crippen molar-refractivity contribution < 1.29 is 13.5 Å². The van der Waals surface area contributed by atoms with Crippen LogP contribution in [-0.2, 0) is 10.0 Å². The van der Waals surface area contributed by atoms with Crippen molar-refractivity contribution in [1.82, 2.24) is 4.31 Å². The van der Waals surface area contributed by atoms with E-state index in [0.717, 1.165) is 19.3 Å². The molecule has 1 atom stereocenters. The predicted molar refractivity (Wildman–Crippen MR) is 62.6 cm³/mol. The highest BCUT2D eigenvalue weighted by Crippen LogP contribution is 2.32. The van der Waals surface area contributed by atoms with E-state index in [1.165, 1.54) is 0 Å². The molecule has 0 aromatic rings. The van der Waals surface area contributed by atoms with Crippen LogP contribution in [0.5, 0.6) is 0 Å². The van der Waals surface area contributed by atoms with Gasteiger partial charge in [-0.2, -0.15) is 0 Å². The van der Waals surface area contributed by atoms with Crippen LogP contribution < -0.4 is 0 Å². The van der Waals surface area contributed by atoms with Crippen LogP contribution in [-0.4, -0.2) is 42.3 Å². The number of sulfonamides is 1. The summed E-state index contributed by atoms with van der Waals surface area (Å²) in [6, 6.07) is 0. The van der Waals surface area contributed by atoms with E-state index in [4.69, 9.17) is 0 Å². The summed E-state index contributed by atoms with van der Waals surface area (Å²) in [4.78, 5) is 0. The highest BCUT2D eigenvalue weighted by Gasteiger charge is 2.34. The van der Waals surface area contributed by atoms with Gasteiger partial charge in [0.1, 0.15) is 0 Å². The van der Waals surface area contributed by atoms with Crippen LogP contribution in [0, 0.1) is 5.92 Å². The molecular formula is C11H21NO3S. The molecule has 2 aliphatic rings. The van der Waals surface area contributed by atoms with Gasteiger partial charge in [-0.15, -0.1) is 0 Å². The summed E-state index contributed by atoms with van der Waals surface area (Å²) in [6.07, 6.45) is 4.13. The van der Waals surface area contributed by atoms with Crippen LogP contribution in [0.25, 0.3) is 0 Å². The Morgan fingerprint density at radius 3 is 2.62 bits per heavy atom. The van der Waals surface area contributed by atoms with E-state index in [1.807, 2.05) is 0 Å². The minimum atomic E-state index is -3.07. The van der Waals surface area contributed by atoms with Gasteiger partial charge < -0.3 is 5.11 Å². The van der Waals surface area contributed by atoms with Crippen LogP contribution >= 0.6 is 0 Å². The van der Waals surface area contributed by atoms with E-state index in [1.54, 1.807) is 11.2 Å². The van der Waals surface area contributed by atoms with Crippen LogP contribution in [0.3, 0.4) is 0 Å². The third-order valence-corrected chi connectivity index (χ3v) is 5.60. The molecule has 1 saturated heterocycles. The molecular weight excluding hydrogens is 226 g/mol. The lowest BCUT2D eigenvalue weighted by Gasteiger charge is -2.22. The third kappa shape index (κ3) is 3.18. The predicted octanol–water partition coefficient (Wildman–Crippen LogP) is 0.963. The lowest BCUT2D eigenvalue weighted by Crippen LogP contribution is -2.35. The summed E-state index contributed by atoms with van der Waals surface area (Å²) < 4.78 is 25.7. The lowest BCUT2D eigenvalue weighted by molar-refractivity contribution is 0.0465. The Morgan fingerprint density at radius 2 is 2.00 bits per heavy atom. The molecule has 1 saturated carbocycles. The largest absolute Gasteiger partial charge is 0.390 e. The maximum absolute atomic E-state index is 12.0. The third-order valence-electron chi connectivity index (χ3n) is 3.56. The van der Waals surface area contributed by atoms with E-state index in [9.17, 15) is 13.5 Å². The highest BCUT2D eigenvalue weighted by atomic mass is 32.2. The first-order valence-corrected chi connectivity index (χ1v) is 7.70. The fraction of sp³-hybridized carbons (Fsp3) is 1.00. The molecule has 0 spiro atoms. The van der Waals surface area contributed by atoms with Gasteiger partial charge in [-0.3, -0.25) is 0 Å². The Labute approximate surface area is 97.7 Å². The summed E-state index contributed by atoms with van der Waals surface area (Å²) in [5.74, 6) is 0.712. The van der Waals surface area contributed by atoms with E-state index in [2.05, 4.69) is 0 Å². The molecule has 1 unspecified atom stereocenters. The van der Waals surface area contributed by atoms with Gasteiger partial charge in [0.2, 0.25) is 10.0 Å². The van der Waals surface area contributed by atoms with Crippen LogP contribution in [0.1, 0.15) is 39.0 Å². The summed E-state index contributed by atoms with van der Waals surface area (Å²) in [5, 5.41) is 9.91. The Bertz CT molecular complexity index is 346. The molecule has 1 N–H and O–H groups in total. The van der Waals surface area contributed by atoms with Gasteiger partial charge in [-0.05, 0) is 44.9 Å². The zero-order valence-corrected chi connectivity index (χ0v) is 10.7. The van der Waals surface area contributed by atoms with Gasteiger partial charge in [0, 0.05) is 13.1 Å². The van der Waals surface area contributed by atoms with Crippen molar-refractivity contribution in [2.24, 2.45) is 5.92 Å². The second-order valence-electron chi connectivity index (χ2n) is 5.47. The molecule has 0 radical (unpaired) electrons. The SMILES string of the molecule is CC1(O)CCCN(S(=O)(=O)CC2CC2)CC1. The van der Waals surface area contributed by atoms with E-state index in [0.29, 0.717) is 37.6 Å². The first kappa shape index (κ1) is 12.3. The average molecular weight is 247 g/mol. The van der Waals surface area contributed by atoms with E-state index in [-0.39, 0.29) is 0 Å². The maximum atomic E-state index is 12.0. The van der Waals surface area contributed by atoms with Crippen molar-refractivity contribution in [2.45, 2.75) is 44.6 Å². The molecule has 1 aliphatic carbocycles. The zero-order chi connectivity index (χ0) is 11.8. The normalized spacial score (nSPS) is 33.6. The summed E-state index contributed by atoms with van der Waals surface area (Å²) >= 11 is 0. The van der Waals surface area contributed by atoms with Gasteiger partial charge in [-0.25, -0.2) is 12.7 Å². The second-order valence-corrected chi connectivity index (χ2v) is 7.49. The number of nitrogens with zero attached hydrogens (tertiary/aromatic N) is 1. The van der Waals surface area contributed by atoms with Crippen molar-refractivity contribution >= 4 is 10.0 Å². The number of aliphatic hydroxyl groups is 1. The van der Waals surface area contributed by atoms with Crippen LogP contribution in [0.15, 0.2) is 0 Å². The molecule has 16 heavy (non-hydrogen) atoms. The highest BCUT2D eigenvalue weighted by molar-refractivity contribution is 7.89. The van der Waals surface area contributed by atoms with Gasteiger partial charge in [0.05, 0.1) is 11.4 Å². The van der Waals surface area contributed by atoms with Gasteiger partial charge in [-0.1, -0.05) is 0 Å². The number of hydrogen-bond acceptors (Lipinski definition) is 3.